The highest BCUT2D eigenvalue weighted by molar-refractivity contribution is 6.05. The van der Waals surface area contributed by atoms with Crippen molar-refractivity contribution in [3.8, 4) is 0 Å². The molecule has 0 radical (unpaired) electrons. The van der Waals surface area contributed by atoms with Crippen molar-refractivity contribution in [2.45, 2.75) is 39.7 Å². The summed E-state index contributed by atoms with van der Waals surface area (Å²) in [5.74, 6) is -1.15. The topological polar surface area (TPSA) is 71.4 Å². The Labute approximate surface area is 118 Å². The Hall–Kier alpha value is -1.29. The van der Waals surface area contributed by atoms with Gasteiger partial charge in [-0.1, -0.05) is 13.0 Å². The summed E-state index contributed by atoms with van der Waals surface area (Å²) in [5.41, 5.74) is -1.92. The predicted octanol–water partition coefficient (Wildman–Crippen LogP) is 1.31. The van der Waals surface area contributed by atoms with Gasteiger partial charge < -0.3 is 5.11 Å². The first kappa shape index (κ1) is 13.7. The van der Waals surface area contributed by atoms with Crippen LogP contribution in [-0.2, 0) is 14.4 Å². The molecular formula is C16H20O4. The highest BCUT2D eigenvalue weighted by atomic mass is 16.3. The minimum atomic E-state index is -1.55. The number of carbonyl (C=O) groups excluding carboxylic acids is 3. The maximum atomic E-state index is 12.6. The van der Waals surface area contributed by atoms with E-state index in [2.05, 4.69) is 0 Å². The average Bonchev–Trinajstić information content (AvgIpc) is 2.64. The average molecular weight is 276 g/mol. The zero-order valence-corrected chi connectivity index (χ0v) is 12.3. The summed E-state index contributed by atoms with van der Waals surface area (Å²) in [5, 5.41) is 10.7. The van der Waals surface area contributed by atoms with Crippen LogP contribution in [0.1, 0.15) is 34.1 Å². The number of ketones is 3. The summed E-state index contributed by atoms with van der Waals surface area (Å²) >= 11 is 0. The first-order valence-corrected chi connectivity index (χ1v) is 7.16. The maximum Gasteiger partial charge on any atom is 0.174 e. The van der Waals surface area contributed by atoms with Crippen molar-refractivity contribution in [1.82, 2.24) is 0 Å². The molecule has 2 saturated carbocycles. The number of rotatable bonds is 1. The molecule has 2 bridgehead atoms. The van der Waals surface area contributed by atoms with Crippen LogP contribution in [0.3, 0.4) is 0 Å². The second kappa shape index (κ2) is 3.67. The smallest absolute Gasteiger partial charge is 0.174 e. The van der Waals surface area contributed by atoms with Crippen molar-refractivity contribution < 1.29 is 19.5 Å². The molecule has 2 fully saturated rings. The van der Waals surface area contributed by atoms with Gasteiger partial charge in [-0.2, -0.15) is 0 Å². The van der Waals surface area contributed by atoms with Crippen molar-refractivity contribution >= 4 is 17.3 Å². The van der Waals surface area contributed by atoms with Crippen LogP contribution in [0, 0.1) is 29.1 Å². The Morgan fingerprint density at radius 3 is 2.50 bits per heavy atom. The van der Waals surface area contributed by atoms with Gasteiger partial charge in [0.2, 0.25) is 0 Å². The summed E-state index contributed by atoms with van der Waals surface area (Å²) < 4.78 is 0. The van der Waals surface area contributed by atoms with Crippen LogP contribution in [0.25, 0.3) is 0 Å². The standard InChI is InChI=1S/C16H20O4/c1-7-11(18)5-10-12(7)13-9(8(2)17)6-15(10,3)14(19)16(13,4)20/h6-7,10,12-13,20H,5H2,1-4H3/t7-,10-,12+,13+,15-,16+/m1/s1. The third-order valence-electron chi connectivity index (χ3n) is 5.88. The van der Waals surface area contributed by atoms with Crippen LogP contribution in [0.2, 0.25) is 0 Å². The molecule has 4 aliphatic carbocycles. The molecule has 4 nitrogen and oxygen atoms in total. The van der Waals surface area contributed by atoms with E-state index in [1.807, 2.05) is 6.92 Å². The summed E-state index contributed by atoms with van der Waals surface area (Å²) in [4.78, 5) is 36.7. The molecule has 0 saturated heterocycles. The molecule has 0 amide bonds. The van der Waals surface area contributed by atoms with Gasteiger partial charge >= 0.3 is 0 Å². The summed E-state index contributed by atoms with van der Waals surface area (Å²) in [6.45, 7) is 6.59. The zero-order chi connectivity index (χ0) is 15.0. The fourth-order valence-electron chi connectivity index (χ4n) is 4.88. The Balaban J connectivity index is 2.26. The molecule has 0 aromatic heterocycles. The molecule has 0 spiro atoms. The van der Waals surface area contributed by atoms with Gasteiger partial charge in [-0.05, 0) is 38.2 Å². The molecule has 0 heterocycles. The first-order chi connectivity index (χ1) is 9.12. The van der Waals surface area contributed by atoms with Crippen LogP contribution in [-0.4, -0.2) is 28.1 Å². The van der Waals surface area contributed by atoms with Gasteiger partial charge in [-0.25, -0.2) is 0 Å². The number of aliphatic hydroxyl groups is 1. The van der Waals surface area contributed by atoms with Crippen LogP contribution in [0.15, 0.2) is 11.6 Å². The van der Waals surface area contributed by atoms with Crippen LogP contribution < -0.4 is 0 Å². The van der Waals surface area contributed by atoms with Gasteiger partial charge in [-0.15, -0.1) is 0 Å². The fraction of sp³-hybridized carbons (Fsp3) is 0.688. The Morgan fingerprint density at radius 1 is 1.35 bits per heavy atom. The van der Waals surface area contributed by atoms with E-state index in [1.165, 1.54) is 13.8 Å². The Bertz CT molecular complexity index is 571. The van der Waals surface area contributed by atoms with Gasteiger partial charge in [0.25, 0.3) is 0 Å². The van der Waals surface area contributed by atoms with Crippen molar-refractivity contribution in [3.05, 3.63) is 11.6 Å². The monoisotopic (exact) mass is 276 g/mol. The second-order valence-corrected chi connectivity index (χ2v) is 7.04. The van der Waals surface area contributed by atoms with Crippen LogP contribution in [0.4, 0.5) is 0 Å². The molecule has 0 unspecified atom stereocenters. The minimum absolute atomic E-state index is 0.0779. The van der Waals surface area contributed by atoms with Gasteiger partial charge in [0.1, 0.15) is 11.4 Å². The molecule has 4 rings (SSSR count). The van der Waals surface area contributed by atoms with Crippen molar-refractivity contribution in [1.29, 1.82) is 0 Å². The Kier molecular flexibility index (Phi) is 2.51. The molecule has 20 heavy (non-hydrogen) atoms. The second-order valence-electron chi connectivity index (χ2n) is 7.04. The summed E-state index contributed by atoms with van der Waals surface area (Å²) in [6.07, 6.45) is 2.11. The molecule has 0 aromatic rings. The number of carbonyl (C=O) groups is 3. The van der Waals surface area contributed by atoms with Gasteiger partial charge in [0.15, 0.2) is 11.6 Å². The minimum Gasteiger partial charge on any atom is -0.382 e. The molecule has 4 heteroatoms. The normalized spacial score (nSPS) is 50.1. The van der Waals surface area contributed by atoms with Gasteiger partial charge in [0.05, 0.1) is 5.41 Å². The largest absolute Gasteiger partial charge is 0.382 e. The molecule has 6 atom stereocenters. The van der Waals surface area contributed by atoms with Gasteiger partial charge in [-0.3, -0.25) is 14.4 Å². The third-order valence-corrected chi connectivity index (χ3v) is 5.88. The predicted molar refractivity (Wildman–Crippen MR) is 71.8 cm³/mol. The van der Waals surface area contributed by atoms with E-state index < -0.39 is 16.9 Å². The maximum absolute atomic E-state index is 12.6. The number of hydrogen-bond donors (Lipinski definition) is 1. The lowest BCUT2D eigenvalue weighted by Gasteiger charge is -2.56. The number of Topliss-reactive ketones (excluding diaryl/α,β-unsaturated/α-hetero) is 3. The van der Waals surface area contributed by atoms with Gasteiger partial charge in [0, 0.05) is 18.3 Å². The fourth-order valence-corrected chi connectivity index (χ4v) is 4.88. The summed E-state index contributed by atoms with van der Waals surface area (Å²) in [7, 11) is 0. The lowest BCUT2D eigenvalue weighted by molar-refractivity contribution is -0.169. The lowest BCUT2D eigenvalue weighted by atomic mass is 9.46. The molecule has 0 aliphatic heterocycles. The molecule has 4 aliphatic rings. The van der Waals surface area contributed by atoms with Crippen molar-refractivity contribution in [2.75, 3.05) is 0 Å². The Morgan fingerprint density at radius 2 is 1.95 bits per heavy atom. The number of allylic oxidation sites excluding steroid dienone is 1. The van der Waals surface area contributed by atoms with E-state index >= 15 is 0 Å². The third kappa shape index (κ3) is 1.33. The molecular weight excluding hydrogens is 256 g/mol. The van der Waals surface area contributed by atoms with Crippen LogP contribution >= 0.6 is 0 Å². The molecule has 1 N–H and O–H groups in total. The number of fused-ring (bicyclic) bond motifs is 1. The zero-order valence-electron chi connectivity index (χ0n) is 12.3. The van der Waals surface area contributed by atoms with E-state index in [1.54, 1.807) is 13.0 Å². The van der Waals surface area contributed by atoms with E-state index in [4.69, 9.17) is 0 Å². The molecule has 0 aromatic carbocycles. The van der Waals surface area contributed by atoms with E-state index in [-0.39, 0.29) is 35.1 Å². The van der Waals surface area contributed by atoms with E-state index in [0.29, 0.717) is 12.0 Å². The number of hydrogen-bond acceptors (Lipinski definition) is 4. The molecule has 108 valence electrons. The highest BCUT2D eigenvalue weighted by Crippen LogP contribution is 2.62. The highest BCUT2D eigenvalue weighted by Gasteiger charge is 2.68. The SMILES string of the molecule is CC(=O)C1=C[C@@]2(C)C(=O)[C@@](C)(O)[C@@H]1[C@H]1[C@H](C)C(=O)C[C@H]12. The van der Waals surface area contributed by atoms with E-state index in [9.17, 15) is 19.5 Å². The lowest BCUT2D eigenvalue weighted by Crippen LogP contribution is -2.65. The van der Waals surface area contributed by atoms with E-state index in [0.717, 1.165) is 0 Å². The summed E-state index contributed by atoms with van der Waals surface area (Å²) in [6, 6.07) is 0. The van der Waals surface area contributed by atoms with Crippen molar-refractivity contribution in [3.63, 3.8) is 0 Å². The first-order valence-electron chi connectivity index (χ1n) is 7.16. The van der Waals surface area contributed by atoms with Crippen LogP contribution in [0.5, 0.6) is 0 Å². The quantitative estimate of drug-likeness (QED) is 0.784. The van der Waals surface area contributed by atoms with Crippen molar-refractivity contribution in [2.24, 2.45) is 29.1 Å².